The summed E-state index contributed by atoms with van der Waals surface area (Å²) in [5, 5.41) is 28.4. The monoisotopic (exact) mass is 871 g/mol. The number of hydrogen-bond donors (Lipinski definition) is 4. The second kappa shape index (κ2) is 42.2. The lowest BCUT2D eigenvalue weighted by Crippen LogP contribution is -2.29. The summed E-state index contributed by atoms with van der Waals surface area (Å²) in [4.78, 5) is 35.1. The van der Waals surface area contributed by atoms with E-state index in [1.807, 2.05) is 36.5 Å². The second-order valence-electron chi connectivity index (χ2n) is 16.5. The standard InChI is InChI=1S/C48H87O11P/c1-4-5-6-7-25-30-35-44(50)36-31-26-21-18-19-22-27-32-37-47(52)56-41-46(42-58-60(54,55)57-40-45(51)39-49)59-48(53)38-33-28-23-17-15-13-11-9-8-10-12-14-16-20-24-29-34-43(2)3/h19,21-22,25-26,30-31,36,43-46,49-51H,4-18,20,23-24,27-29,32-35,37-42H2,1-3H3,(H,54,55)/b22-19-,26-21-,30-25-,36-31+/t44-,45+,46-/m1/s1. The fourth-order valence-electron chi connectivity index (χ4n) is 6.31. The summed E-state index contributed by atoms with van der Waals surface area (Å²) in [6, 6.07) is 0. The predicted molar refractivity (Wildman–Crippen MR) is 243 cm³/mol. The van der Waals surface area contributed by atoms with Gasteiger partial charge in [0.25, 0.3) is 0 Å². The predicted octanol–water partition coefficient (Wildman–Crippen LogP) is 11.7. The smallest absolute Gasteiger partial charge is 0.462 e. The zero-order chi connectivity index (χ0) is 44.4. The Labute approximate surface area is 365 Å². The maximum atomic E-state index is 12.6. The van der Waals surface area contributed by atoms with Gasteiger partial charge in [-0.05, 0) is 50.9 Å². The Kier molecular flexibility index (Phi) is 40.7. The molecule has 12 heteroatoms. The van der Waals surface area contributed by atoms with Crippen molar-refractivity contribution in [3.63, 3.8) is 0 Å². The Morgan fingerprint density at radius 2 is 1.17 bits per heavy atom. The summed E-state index contributed by atoms with van der Waals surface area (Å²) in [6.45, 7) is 4.56. The van der Waals surface area contributed by atoms with Crippen LogP contribution in [0, 0.1) is 5.92 Å². The fraction of sp³-hybridized carbons (Fsp3) is 0.792. The van der Waals surface area contributed by atoms with E-state index in [2.05, 4.69) is 31.4 Å². The molecule has 0 spiro atoms. The molecule has 0 fully saturated rings. The van der Waals surface area contributed by atoms with Crippen LogP contribution in [0.1, 0.15) is 194 Å². The summed E-state index contributed by atoms with van der Waals surface area (Å²) in [5.74, 6) is -0.198. The van der Waals surface area contributed by atoms with Crippen LogP contribution < -0.4 is 0 Å². The molecule has 0 aliphatic carbocycles. The Bertz CT molecular complexity index is 1170. The van der Waals surface area contributed by atoms with Crippen LogP contribution in [-0.2, 0) is 32.7 Å². The number of esters is 2. The van der Waals surface area contributed by atoms with Gasteiger partial charge in [-0.2, -0.15) is 0 Å². The lowest BCUT2D eigenvalue weighted by atomic mass is 10.0. The van der Waals surface area contributed by atoms with Crippen molar-refractivity contribution in [2.45, 2.75) is 212 Å². The summed E-state index contributed by atoms with van der Waals surface area (Å²) in [7, 11) is -4.65. The third-order valence-corrected chi connectivity index (χ3v) is 10.9. The van der Waals surface area contributed by atoms with Crippen molar-refractivity contribution >= 4 is 19.8 Å². The number of ether oxygens (including phenoxy) is 2. The van der Waals surface area contributed by atoms with Crippen molar-refractivity contribution in [3.05, 3.63) is 48.6 Å². The van der Waals surface area contributed by atoms with E-state index in [1.165, 1.54) is 103 Å². The zero-order valence-electron chi connectivity index (χ0n) is 37.9. The number of phosphoric ester groups is 1. The molecule has 0 radical (unpaired) electrons. The van der Waals surface area contributed by atoms with Gasteiger partial charge < -0.3 is 29.7 Å². The molecule has 0 aliphatic heterocycles. The number of aliphatic hydroxyl groups excluding tert-OH is 3. The first kappa shape index (κ1) is 57.9. The highest BCUT2D eigenvalue weighted by atomic mass is 31.2. The Morgan fingerprint density at radius 1 is 0.617 bits per heavy atom. The molecule has 0 aliphatic rings. The van der Waals surface area contributed by atoms with Crippen molar-refractivity contribution in [2.24, 2.45) is 5.92 Å². The highest BCUT2D eigenvalue weighted by Gasteiger charge is 2.27. The van der Waals surface area contributed by atoms with E-state index in [-0.39, 0.29) is 19.4 Å². The SMILES string of the molecule is CCCCC/C=C\C[C@@H](O)/C=C/C=C\C/C=C\CCCC(=O)OC[C@H](COP(=O)(O)OC[C@@H](O)CO)OC(=O)CCCCCCCCCCCCCCCCCCC(C)C. The number of phosphoric acid groups is 1. The summed E-state index contributed by atoms with van der Waals surface area (Å²) >= 11 is 0. The largest absolute Gasteiger partial charge is 0.472 e. The first-order valence-electron chi connectivity index (χ1n) is 23.6. The molecule has 0 bridgehead atoms. The van der Waals surface area contributed by atoms with Gasteiger partial charge in [0.15, 0.2) is 6.10 Å². The van der Waals surface area contributed by atoms with E-state index in [9.17, 15) is 29.3 Å². The lowest BCUT2D eigenvalue weighted by Gasteiger charge is -2.20. The molecule has 4 N–H and O–H groups in total. The molecule has 0 aromatic rings. The average Bonchev–Trinajstić information content (AvgIpc) is 3.22. The molecule has 0 amide bonds. The van der Waals surface area contributed by atoms with Gasteiger partial charge in [0.1, 0.15) is 12.7 Å². The maximum Gasteiger partial charge on any atom is 0.472 e. The number of allylic oxidation sites excluding steroid dienone is 6. The van der Waals surface area contributed by atoms with Gasteiger partial charge in [-0.3, -0.25) is 18.6 Å². The highest BCUT2D eigenvalue weighted by Crippen LogP contribution is 2.43. The van der Waals surface area contributed by atoms with Gasteiger partial charge in [0, 0.05) is 12.8 Å². The van der Waals surface area contributed by atoms with Crippen LogP contribution in [0.2, 0.25) is 0 Å². The molecule has 1 unspecified atom stereocenters. The Balaban J connectivity index is 4.37. The van der Waals surface area contributed by atoms with Crippen LogP contribution in [0.3, 0.4) is 0 Å². The number of carbonyl (C=O) groups is 2. The number of rotatable bonds is 43. The minimum absolute atomic E-state index is 0.134. The van der Waals surface area contributed by atoms with Gasteiger partial charge in [0.2, 0.25) is 0 Å². The van der Waals surface area contributed by atoms with Crippen molar-refractivity contribution in [2.75, 3.05) is 26.4 Å². The average molecular weight is 871 g/mol. The minimum Gasteiger partial charge on any atom is -0.462 e. The van der Waals surface area contributed by atoms with Crippen LogP contribution in [0.25, 0.3) is 0 Å². The molecule has 0 saturated carbocycles. The molecular formula is C48H87O11P. The Hall–Kier alpha value is -2.11. The molecular weight excluding hydrogens is 783 g/mol. The van der Waals surface area contributed by atoms with Crippen molar-refractivity contribution < 1.29 is 52.9 Å². The molecule has 11 nitrogen and oxygen atoms in total. The molecule has 350 valence electrons. The third kappa shape index (κ3) is 42.6. The van der Waals surface area contributed by atoms with Crippen LogP contribution in [0.4, 0.5) is 0 Å². The summed E-state index contributed by atoms with van der Waals surface area (Å²) < 4.78 is 32.7. The van der Waals surface area contributed by atoms with Crippen molar-refractivity contribution in [3.8, 4) is 0 Å². The van der Waals surface area contributed by atoms with Crippen LogP contribution in [-0.4, -0.2) is 76.9 Å². The molecule has 4 atom stereocenters. The summed E-state index contributed by atoms with van der Waals surface area (Å²) in [6.07, 6.45) is 41.1. The van der Waals surface area contributed by atoms with E-state index in [0.717, 1.165) is 31.6 Å². The van der Waals surface area contributed by atoms with E-state index in [1.54, 1.807) is 6.08 Å². The van der Waals surface area contributed by atoms with Gasteiger partial charge in [-0.15, -0.1) is 0 Å². The molecule has 0 heterocycles. The van der Waals surface area contributed by atoms with E-state index in [0.29, 0.717) is 32.1 Å². The second-order valence-corrected chi connectivity index (χ2v) is 17.9. The molecule has 0 rings (SSSR count). The van der Waals surface area contributed by atoms with Gasteiger partial charge in [-0.1, -0.05) is 185 Å². The number of carbonyl (C=O) groups excluding carboxylic acids is 2. The fourth-order valence-corrected chi connectivity index (χ4v) is 7.10. The van der Waals surface area contributed by atoms with Gasteiger partial charge >= 0.3 is 19.8 Å². The summed E-state index contributed by atoms with van der Waals surface area (Å²) in [5.41, 5.74) is 0. The molecule has 0 saturated heterocycles. The van der Waals surface area contributed by atoms with E-state index in [4.69, 9.17) is 19.1 Å². The van der Waals surface area contributed by atoms with E-state index < -0.39 is 57.9 Å². The Morgan fingerprint density at radius 3 is 1.77 bits per heavy atom. The van der Waals surface area contributed by atoms with Crippen molar-refractivity contribution in [1.29, 1.82) is 0 Å². The number of hydrogen-bond acceptors (Lipinski definition) is 10. The maximum absolute atomic E-state index is 12.6. The third-order valence-electron chi connectivity index (χ3n) is 9.99. The lowest BCUT2D eigenvalue weighted by molar-refractivity contribution is -0.161. The molecule has 0 aromatic carbocycles. The van der Waals surface area contributed by atoms with Gasteiger partial charge in [0.05, 0.1) is 25.9 Å². The van der Waals surface area contributed by atoms with Crippen LogP contribution in [0.5, 0.6) is 0 Å². The quantitative estimate of drug-likeness (QED) is 0.0151. The van der Waals surface area contributed by atoms with Crippen LogP contribution in [0.15, 0.2) is 48.6 Å². The van der Waals surface area contributed by atoms with Crippen LogP contribution >= 0.6 is 7.82 Å². The number of aliphatic hydroxyl groups is 3. The van der Waals surface area contributed by atoms with Gasteiger partial charge in [-0.25, -0.2) is 4.57 Å². The first-order chi connectivity index (χ1) is 29.0. The molecule has 60 heavy (non-hydrogen) atoms. The zero-order valence-corrected chi connectivity index (χ0v) is 38.8. The normalized spacial score (nSPS) is 14.8. The highest BCUT2D eigenvalue weighted by molar-refractivity contribution is 7.47. The first-order valence-corrected chi connectivity index (χ1v) is 25.1. The van der Waals surface area contributed by atoms with Crippen molar-refractivity contribution in [1.82, 2.24) is 0 Å². The topological polar surface area (TPSA) is 169 Å². The number of unbranched alkanes of at least 4 members (excludes halogenated alkanes) is 19. The van der Waals surface area contributed by atoms with E-state index >= 15 is 0 Å². The molecule has 0 aromatic heterocycles. The minimum atomic E-state index is -4.65.